The molecule has 7 nitrogen and oxygen atoms in total. The first-order valence-corrected chi connectivity index (χ1v) is 11.8. The van der Waals surface area contributed by atoms with Gasteiger partial charge in [-0.2, -0.15) is 0 Å². The number of sulfonamides is 1. The Morgan fingerprint density at radius 1 is 1.17 bits per heavy atom. The monoisotopic (exact) mass is 427 g/mol. The summed E-state index contributed by atoms with van der Waals surface area (Å²) >= 11 is 0. The first-order chi connectivity index (χ1) is 14.4. The summed E-state index contributed by atoms with van der Waals surface area (Å²) < 4.78 is 32.5. The van der Waals surface area contributed by atoms with Crippen LogP contribution in [0.2, 0.25) is 0 Å². The average molecular weight is 428 g/mol. The van der Waals surface area contributed by atoms with Crippen LogP contribution in [0.4, 0.5) is 5.69 Å². The normalized spacial score (nSPS) is 16.0. The Morgan fingerprint density at radius 2 is 1.90 bits per heavy atom. The van der Waals surface area contributed by atoms with Gasteiger partial charge in [0.05, 0.1) is 5.75 Å². The first kappa shape index (κ1) is 20.6. The summed E-state index contributed by atoms with van der Waals surface area (Å²) in [5.41, 5.74) is 2.85. The van der Waals surface area contributed by atoms with Crippen molar-refractivity contribution in [2.45, 2.75) is 31.9 Å². The van der Waals surface area contributed by atoms with Gasteiger partial charge in [0.1, 0.15) is 5.52 Å². The molecule has 0 unspecified atom stereocenters. The molecular weight excluding hydrogens is 402 g/mol. The van der Waals surface area contributed by atoms with Crippen molar-refractivity contribution >= 4 is 32.7 Å². The van der Waals surface area contributed by atoms with E-state index in [1.165, 1.54) is 4.31 Å². The number of nitrogens with one attached hydrogen (secondary N) is 1. The molecule has 0 atom stereocenters. The molecule has 2 heterocycles. The number of oxazole rings is 1. The Labute approximate surface area is 176 Å². The van der Waals surface area contributed by atoms with Crippen molar-refractivity contribution < 1.29 is 17.6 Å². The zero-order valence-corrected chi connectivity index (χ0v) is 17.7. The van der Waals surface area contributed by atoms with Crippen molar-refractivity contribution in [3.05, 3.63) is 60.0 Å². The van der Waals surface area contributed by atoms with E-state index in [1.807, 2.05) is 37.3 Å². The second kappa shape index (κ2) is 8.57. The van der Waals surface area contributed by atoms with E-state index in [-0.39, 0.29) is 17.6 Å². The van der Waals surface area contributed by atoms with Crippen LogP contribution in [-0.2, 0) is 27.0 Å². The Hall–Kier alpha value is -2.71. The molecule has 8 heteroatoms. The van der Waals surface area contributed by atoms with Gasteiger partial charge >= 0.3 is 0 Å². The summed E-state index contributed by atoms with van der Waals surface area (Å²) in [7, 11) is -3.39. The fourth-order valence-corrected chi connectivity index (χ4v) is 5.28. The molecule has 1 saturated heterocycles. The predicted molar refractivity (Wildman–Crippen MR) is 115 cm³/mol. The lowest BCUT2D eigenvalue weighted by molar-refractivity contribution is -0.120. The van der Waals surface area contributed by atoms with E-state index in [0.29, 0.717) is 55.0 Å². The van der Waals surface area contributed by atoms with Gasteiger partial charge in [-0.15, -0.1) is 0 Å². The van der Waals surface area contributed by atoms with Crippen LogP contribution in [-0.4, -0.2) is 36.7 Å². The molecule has 1 fully saturated rings. The number of amides is 1. The summed E-state index contributed by atoms with van der Waals surface area (Å²) in [5.74, 6) is 0.348. The van der Waals surface area contributed by atoms with Gasteiger partial charge in [0, 0.05) is 31.1 Å². The number of aromatic nitrogens is 1. The van der Waals surface area contributed by atoms with Crippen LogP contribution in [0.5, 0.6) is 0 Å². The van der Waals surface area contributed by atoms with Gasteiger partial charge in [-0.05, 0) is 36.6 Å². The van der Waals surface area contributed by atoms with Crippen molar-refractivity contribution in [3.8, 4) is 0 Å². The largest absolute Gasteiger partial charge is 0.441 e. The molecule has 0 aliphatic carbocycles. The molecule has 0 bridgehead atoms. The average Bonchev–Trinajstić information content (AvgIpc) is 3.17. The fourth-order valence-electron chi connectivity index (χ4n) is 3.72. The van der Waals surface area contributed by atoms with Crippen LogP contribution in [0.3, 0.4) is 0 Å². The highest BCUT2D eigenvalue weighted by Gasteiger charge is 2.31. The number of anilines is 1. The quantitative estimate of drug-likeness (QED) is 0.649. The number of benzene rings is 2. The van der Waals surface area contributed by atoms with Crippen molar-refractivity contribution in [3.63, 3.8) is 0 Å². The number of carbonyl (C=O) groups excluding carboxylic acids is 1. The first-order valence-electron chi connectivity index (χ1n) is 10.2. The number of carbonyl (C=O) groups is 1. The van der Waals surface area contributed by atoms with Crippen LogP contribution in [0.1, 0.15) is 31.2 Å². The minimum absolute atomic E-state index is 0.0117. The molecule has 0 saturated carbocycles. The van der Waals surface area contributed by atoms with E-state index in [0.717, 1.165) is 5.56 Å². The van der Waals surface area contributed by atoms with Gasteiger partial charge in [0.15, 0.2) is 11.5 Å². The molecule has 3 aromatic rings. The number of rotatable bonds is 6. The molecule has 1 amide bonds. The minimum Gasteiger partial charge on any atom is -0.441 e. The van der Waals surface area contributed by atoms with Gasteiger partial charge in [0.25, 0.3) is 0 Å². The number of nitrogens with zero attached hydrogens (tertiary/aromatic N) is 2. The van der Waals surface area contributed by atoms with Crippen molar-refractivity contribution in [2.24, 2.45) is 5.92 Å². The zero-order chi connectivity index (χ0) is 21.1. The summed E-state index contributed by atoms with van der Waals surface area (Å²) in [4.78, 5) is 17.1. The van der Waals surface area contributed by atoms with E-state index < -0.39 is 10.0 Å². The van der Waals surface area contributed by atoms with Crippen LogP contribution in [0.25, 0.3) is 11.1 Å². The standard InChI is InChI=1S/C22H25N3O4S/c1-2-21-24-19-14-18(8-9-20(19)29-21)23-22(26)17-10-12-25(13-11-17)30(27,28)15-16-6-4-3-5-7-16/h3-9,14,17H,2,10-13,15H2,1H3,(H,23,26). The lowest BCUT2D eigenvalue weighted by Crippen LogP contribution is -2.41. The maximum absolute atomic E-state index is 12.7. The predicted octanol–water partition coefficient (Wildman–Crippen LogP) is 3.57. The molecule has 0 radical (unpaired) electrons. The molecule has 1 aliphatic heterocycles. The molecule has 1 aromatic heterocycles. The number of hydrogen-bond donors (Lipinski definition) is 1. The van der Waals surface area contributed by atoms with E-state index >= 15 is 0 Å². The van der Waals surface area contributed by atoms with Crippen molar-refractivity contribution in [2.75, 3.05) is 18.4 Å². The topological polar surface area (TPSA) is 92.5 Å². The molecule has 30 heavy (non-hydrogen) atoms. The maximum Gasteiger partial charge on any atom is 0.227 e. The Balaban J connectivity index is 1.35. The van der Waals surface area contributed by atoms with Crippen LogP contribution in [0.15, 0.2) is 52.9 Å². The number of hydrogen-bond acceptors (Lipinski definition) is 5. The molecule has 0 spiro atoms. The van der Waals surface area contributed by atoms with Crippen LogP contribution >= 0.6 is 0 Å². The summed E-state index contributed by atoms with van der Waals surface area (Å²) in [6.07, 6.45) is 1.72. The minimum atomic E-state index is -3.39. The van der Waals surface area contributed by atoms with E-state index in [4.69, 9.17) is 4.42 Å². The van der Waals surface area contributed by atoms with Crippen LogP contribution < -0.4 is 5.32 Å². The van der Waals surface area contributed by atoms with Crippen LogP contribution in [0, 0.1) is 5.92 Å². The van der Waals surface area contributed by atoms with E-state index in [2.05, 4.69) is 10.3 Å². The number of aryl methyl sites for hydroxylation is 1. The Bertz CT molecular complexity index is 1130. The maximum atomic E-state index is 12.7. The highest BCUT2D eigenvalue weighted by Crippen LogP contribution is 2.25. The van der Waals surface area contributed by atoms with Gasteiger partial charge in [-0.1, -0.05) is 37.3 Å². The number of fused-ring (bicyclic) bond motifs is 1. The Kier molecular flexibility index (Phi) is 5.87. The van der Waals surface area contributed by atoms with E-state index in [1.54, 1.807) is 18.2 Å². The molecule has 2 aromatic carbocycles. The molecule has 1 aliphatic rings. The lowest BCUT2D eigenvalue weighted by Gasteiger charge is -2.30. The van der Waals surface area contributed by atoms with E-state index in [9.17, 15) is 13.2 Å². The SMILES string of the molecule is CCc1nc2cc(NC(=O)C3CCN(S(=O)(=O)Cc4ccccc4)CC3)ccc2o1. The third-order valence-corrected chi connectivity index (χ3v) is 7.26. The van der Waals surface area contributed by atoms with Gasteiger partial charge < -0.3 is 9.73 Å². The second-order valence-electron chi connectivity index (χ2n) is 7.55. The molecule has 158 valence electrons. The summed E-state index contributed by atoms with van der Waals surface area (Å²) in [6.45, 7) is 2.69. The third kappa shape index (κ3) is 4.55. The smallest absolute Gasteiger partial charge is 0.227 e. The number of piperidine rings is 1. The van der Waals surface area contributed by atoms with Gasteiger partial charge in [-0.25, -0.2) is 17.7 Å². The second-order valence-corrected chi connectivity index (χ2v) is 9.52. The van der Waals surface area contributed by atoms with Crippen molar-refractivity contribution in [1.29, 1.82) is 0 Å². The fraction of sp³-hybridized carbons (Fsp3) is 0.364. The molecule has 4 rings (SSSR count). The zero-order valence-electron chi connectivity index (χ0n) is 16.9. The Morgan fingerprint density at radius 3 is 2.60 bits per heavy atom. The van der Waals surface area contributed by atoms with Gasteiger partial charge in [-0.3, -0.25) is 4.79 Å². The van der Waals surface area contributed by atoms with Gasteiger partial charge in [0.2, 0.25) is 15.9 Å². The summed E-state index contributed by atoms with van der Waals surface area (Å²) in [5, 5.41) is 2.94. The molecular formula is C22H25N3O4S. The van der Waals surface area contributed by atoms with Crippen molar-refractivity contribution in [1.82, 2.24) is 9.29 Å². The summed E-state index contributed by atoms with van der Waals surface area (Å²) in [6, 6.07) is 14.6. The molecule has 1 N–H and O–H groups in total. The highest BCUT2D eigenvalue weighted by molar-refractivity contribution is 7.88. The third-order valence-electron chi connectivity index (χ3n) is 5.41. The highest BCUT2D eigenvalue weighted by atomic mass is 32.2. The lowest BCUT2D eigenvalue weighted by atomic mass is 9.97.